The molecule has 190 valence electrons. The first-order valence-corrected chi connectivity index (χ1v) is 13.2. The molecule has 0 bridgehead atoms. The van der Waals surface area contributed by atoms with E-state index in [4.69, 9.17) is 0 Å². The van der Waals surface area contributed by atoms with Crippen molar-refractivity contribution in [1.29, 1.82) is 0 Å². The van der Waals surface area contributed by atoms with Gasteiger partial charge in [0, 0.05) is 58.2 Å². The molecule has 1 atom stereocenters. The summed E-state index contributed by atoms with van der Waals surface area (Å²) in [6.45, 7) is 1.49. The molecule has 0 saturated carbocycles. The van der Waals surface area contributed by atoms with Crippen LogP contribution in [0.2, 0.25) is 0 Å². The van der Waals surface area contributed by atoms with E-state index in [-0.39, 0.29) is 11.6 Å². The van der Waals surface area contributed by atoms with E-state index < -0.39 is 11.7 Å². The van der Waals surface area contributed by atoms with Gasteiger partial charge in [0.2, 0.25) is 5.95 Å². The lowest BCUT2D eigenvalue weighted by Crippen LogP contribution is -2.49. The first-order valence-electron chi connectivity index (χ1n) is 12.3. The number of benzene rings is 1. The molecule has 1 fully saturated rings. The predicted molar refractivity (Wildman–Crippen MR) is 147 cm³/mol. The number of rotatable bonds is 6. The lowest BCUT2D eigenvalue weighted by Gasteiger charge is -2.34. The Balaban J connectivity index is 1.39. The molecule has 8 nitrogen and oxygen atoms in total. The monoisotopic (exact) mass is 525 g/mol. The molecule has 1 amide bonds. The van der Waals surface area contributed by atoms with Gasteiger partial charge in [-0.1, -0.05) is 0 Å². The molecule has 10 heteroatoms. The van der Waals surface area contributed by atoms with Gasteiger partial charge in [-0.15, -0.1) is 11.3 Å². The molecule has 0 unspecified atom stereocenters. The van der Waals surface area contributed by atoms with Crippen LogP contribution in [-0.2, 0) is 0 Å². The SMILES string of the molecule is O=C(c1ccc(Nc2ncccn2)cc1F)N(c1nccc2sc(-c3ccncc3)cc12)[C@@H]1CCCNC1. The molecular formula is C28H24FN7OS. The zero-order valence-corrected chi connectivity index (χ0v) is 21.2. The number of hydrogen-bond acceptors (Lipinski definition) is 8. The maximum absolute atomic E-state index is 15.4. The standard InChI is InChI=1S/C28H24FN7OS/c29-23-15-19(35-28-33-10-2-11-34-28)4-5-21(23)27(37)36(20-3-1-9-31-17-20)26-22-16-25(18-6-12-30-13-7-18)38-24(22)8-14-32-26/h2,4-8,10-16,20,31H,1,3,9,17H2,(H,33,34,35)/t20-/m1/s1. The molecule has 1 aliphatic rings. The van der Waals surface area contributed by atoms with Crippen molar-refractivity contribution in [2.75, 3.05) is 23.3 Å². The topological polar surface area (TPSA) is 95.9 Å². The van der Waals surface area contributed by atoms with Crippen molar-refractivity contribution >= 4 is 44.8 Å². The van der Waals surface area contributed by atoms with Crippen LogP contribution in [0.5, 0.6) is 0 Å². The van der Waals surface area contributed by atoms with Gasteiger partial charge in [0.15, 0.2) is 0 Å². The third-order valence-electron chi connectivity index (χ3n) is 6.49. The first kappa shape index (κ1) is 24.1. The zero-order valence-electron chi connectivity index (χ0n) is 20.3. The number of carbonyl (C=O) groups excluding carboxylic acids is 1. The maximum atomic E-state index is 15.4. The highest BCUT2D eigenvalue weighted by Gasteiger charge is 2.32. The fourth-order valence-electron chi connectivity index (χ4n) is 4.68. The first-order chi connectivity index (χ1) is 18.7. The number of piperidine rings is 1. The number of fused-ring (bicyclic) bond motifs is 1. The molecule has 6 rings (SSSR count). The van der Waals surface area contributed by atoms with E-state index in [1.165, 1.54) is 12.1 Å². The Labute approximate surface area is 222 Å². The molecule has 1 saturated heterocycles. The van der Waals surface area contributed by atoms with Crippen LogP contribution in [0.25, 0.3) is 20.5 Å². The summed E-state index contributed by atoms with van der Waals surface area (Å²) in [7, 11) is 0. The number of carbonyl (C=O) groups is 1. The Morgan fingerprint density at radius 1 is 1.03 bits per heavy atom. The van der Waals surface area contributed by atoms with Crippen LogP contribution in [0.3, 0.4) is 0 Å². The number of amides is 1. The fraction of sp³-hybridized carbons (Fsp3) is 0.179. The summed E-state index contributed by atoms with van der Waals surface area (Å²) in [6, 6.07) is 13.9. The quantitative estimate of drug-likeness (QED) is 0.305. The predicted octanol–water partition coefficient (Wildman–Crippen LogP) is 5.43. The van der Waals surface area contributed by atoms with Crippen molar-refractivity contribution in [3.05, 3.63) is 90.9 Å². The van der Waals surface area contributed by atoms with Crippen molar-refractivity contribution in [3.63, 3.8) is 0 Å². The van der Waals surface area contributed by atoms with Crippen LogP contribution in [-0.4, -0.2) is 45.0 Å². The summed E-state index contributed by atoms with van der Waals surface area (Å²) in [5.74, 6) is -0.161. The highest BCUT2D eigenvalue weighted by Crippen LogP contribution is 2.38. The Hall–Kier alpha value is -4.28. The number of aromatic nitrogens is 4. The van der Waals surface area contributed by atoms with E-state index in [9.17, 15) is 4.79 Å². The average molecular weight is 526 g/mol. The van der Waals surface area contributed by atoms with Crippen LogP contribution in [0.15, 0.2) is 79.5 Å². The molecule has 2 N–H and O–H groups in total. The molecule has 0 aliphatic carbocycles. The third-order valence-corrected chi connectivity index (χ3v) is 7.64. The highest BCUT2D eigenvalue weighted by molar-refractivity contribution is 7.22. The van der Waals surface area contributed by atoms with Crippen LogP contribution in [0, 0.1) is 5.82 Å². The van der Waals surface area contributed by atoms with Crippen LogP contribution in [0.4, 0.5) is 21.8 Å². The van der Waals surface area contributed by atoms with Gasteiger partial charge in [0.25, 0.3) is 5.91 Å². The van der Waals surface area contributed by atoms with Gasteiger partial charge in [0.05, 0.1) is 11.6 Å². The molecule has 5 heterocycles. The summed E-state index contributed by atoms with van der Waals surface area (Å²) < 4.78 is 16.4. The number of thiophene rings is 1. The molecule has 1 aliphatic heterocycles. The molecule has 4 aromatic heterocycles. The molecule has 0 spiro atoms. The molecule has 5 aromatic rings. The largest absolute Gasteiger partial charge is 0.324 e. The maximum Gasteiger partial charge on any atom is 0.262 e. The van der Waals surface area contributed by atoms with Gasteiger partial charge in [-0.25, -0.2) is 19.3 Å². The van der Waals surface area contributed by atoms with E-state index in [0.29, 0.717) is 24.0 Å². The Kier molecular flexibility index (Phi) is 6.72. The van der Waals surface area contributed by atoms with Gasteiger partial charge in [-0.05, 0) is 73.5 Å². The van der Waals surface area contributed by atoms with Gasteiger partial charge in [-0.2, -0.15) is 0 Å². The number of nitrogens with one attached hydrogen (secondary N) is 2. The number of halogens is 1. The molecule has 38 heavy (non-hydrogen) atoms. The van der Waals surface area contributed by atoms with Crippen molar-refractivity contribution in [3.8, 4) is 10.4 Å². The number of anilines is 3. The fourth-order valence-corrected chi connectivity index (χ4v) is 5.73. The van der Waals surface area contributed by atoms with Gasteiger partial charge >= 0.3 is 0 Å². The summed E-state index contributed by atoms with van der Waals surface area (Å²) in [5.41, 5.74) is 1.48. The van der Waals surface area contributed by atoms with Gasteiger partial charge in [-0.3, -0.25) is 14.7 Å². The van der Waals surface area contributed by atoms with Crippen LogP contribution in [0.1, 0.15) is 23.2 Å². The number of hydrogen-bond donors (Lipinski definition) is 2. The minimum Gasteiger partial charge on any atom is -0.324 e. The molecule has 0 radical (unpaired) electrons. The van der Waals surface area contributed by atoms with E-state index >= 15 is 4.39 Å². The Morgan fingerprint density at radius 2 is 1.87 bits per heavy atom. The Morgan fingerprint density at radius 3 is 2.63 bits per heavy atom. The molecule has 1 aromatic carbocycles. The third kappa shape index (κ3) is 4.83. The lowest BCUT2D eigenvalue weighted by molar-refractivity contribution is 0.0968. The van der Waals surface area contributed by atoms with E-state index in [2.05, 4.69) is 36.6 Å². The second-order valence-electron chi connectivity index (χ2n) is 8.96. The number of pyridine rings is 2. The highest BCUT2D eigenvalue weighted by atomic mass is 32.1. The van der Waals surface area contributed by atoms with E-state index in [1.807, 2.05) is 18.2 Å². The van der Waals surface area contributed by atoms with Crippen molar-refractivity contribution in [2.45, 2.75) is 18.9 Å². The molecular weight excluding hydrogens is 501 g/mol. The Bertz CT molecular complexity index is 1570. The van der Waals surface area contributed by atoms with Gasteiger partial charge in [0.1, 0.15) is 11.6 Å². The van der Waals surface area contributed by atoms with Gasteiger partial charge < -0.3 is 10.6 Å². The summed E-state index contributed by atoms with van der Waals surface area (Å²) in [4.78, 5) is 33.7. The number of nitrogens with zero attached hydrogens (tertiary/aromatic N) is 5. The van der Waals surface area contributed by atoms with Crippen LogP contribution >= 0.6 is 11.3 Å². The lowest BCUT2D eigenvalue weighted by atomic mass is 10.0. The summed E-state index contributed by atoms with van der Waals surface area (Å²) in [5, 5.41) is 7.21. The normalized spacial score (nSPS) is 15.3. The average Bonchev–Trinajstić information content (AvgIpc) is 3.40. The summed E-state index contributed by atoms with van der Waals surface area (Å²) >= 11 is 1.63. The van der Waals surface area contributed by atoms with Crippen molar-refractivity contribution < 1.29 is 9.18 Å². The zero-order chi connectivity index (χ0) is 25.9. The second-order valence-corrected chi connectivity index (χ2v) is 10.0. The summed E-state index contributed by atoms with van der Waals surface area (Å²) in [6.07, 6.45) is 10.1. The van der Waals surface area contributed by atoms with E-state index in [1.54, 1.807) is 59.4 Å². The second kappa shape index (κ2) is 10.6. The van der Waals surface area contributed by atoms with Crippen LogP contribution < -0.4 is 15.5 Å². The van der Waals surface area contributed by atoms with Crippen molar-refractivity contribution in [1.82, 2.24) is 25.3 Å². The van der Waals surface area contributed by atoms with Crippen molar-refractivity contribution in [2.24, 2.45) is 0 Å². The van der Waals surface area contributed by atoms with E-state index in [0.717, 1.165) is 39.9 Å². The minimum absolute atomic E-state index is 0.0153. The minimum atomic E-state index is -0.625. The smallest absolute Gasteiger partial charge is 0.262 e.